The van der Waals surface area contributed by atoms with Gasteiger partial charge in [0.15, 0.2) is 0 Å². The molecule has 0 amide bonds. The van der Waals surface area contributed by atoms with Crippen molar-refractivity contribution in [2.45, 2.75) is 0 Å². The lowest BCUT2D eigenvalue weighted by Gasteiger charge is -2.00. The fourth-order valence-electron chi connectivity index (χ4n) is 1.30. The van der Waals surface area contributed by atoms with Crippen molar-refractivity contribution in [2.24, 2.45) is 4.99 Å². The molecule has 2 rings (SSSR count). The van der Waals surface area contributed by atoms with Crippen molar-refractivity contribution in [3.63, 3.8) is 0 Å². The van der Waals surface area contributed by atoms with Crippen LogP contribution in [0.25, 0.3) is 0 Å². The zero-order valence-electron chi connectivity index (χ0n) is 8.91. The average molecular weight is 229 g/mol. The highest BCUT2D eigenvalue weighted by molar-refractivity contribution is 5.86. The maximum atomic E-state index is 9.54. The Morgan fingerprint density at radius 2 is 2.06 bits per heavy atom. The Labute approximate surface area is 97.9 Å². The zero-order chi connectivity index (χ0) is 12.3. The van der Waals surface area contributed by atoms with Crippen LogP contribution in [0.15, 0.2) is 41.5 Å². The second kappa shape index (κ2) is 4.52. The number of phenolic OH excluding ortho intramolecular Hbond substituents is 2. The van der Waals surface area contributed by atoms with E-state index < -0.39 is 0 Å². The van der Waals surface area contributed by atoms with Gasteiger partial charge in [0.2, 0.25) is 0 Å². The first kappa shape index (κ1) is 10.9. The molecule has 0 aliphatic heterocycles. The number of hydrogen-bond acceptors (Lipinski definition) is 5. The highest BCUT2D eigenvalue weighted by Gasteiger charge is 2.00. The largest absolute Gasteiger partial charge is 0.508 e. The fourth-order valence-corrected chi connectivity index (χ4v) is 1.30. The normalized spacial score (nSPS) is 10.8. The van der Waals surface area contributed by atoms with Gasteiger partial charge in [0.1, 0.15) is 23.0 Å². The molecule has 0 bridgehead atoms. The number of benzene rings is 1. The molecule has 1 aromatic heterocycles. The molecule has 1 heterocycles. The standard InChI is InChI=1S/C12H11N3O2/c13-12-10(2-1-5-14-12)15-7-8-3-4-9(16)6-11(8)17/h1-7,16-17H,(H2,13,14). The van der Waals surface area contributed by atoms with E-state index >= 15 is 0 Å². The zero-order valence-corrected chi connectivity index (χ0v) is 8.91. The predicted molar refractivity (Wildman–Crippen MR) is 65.7 cm³/mol. The van der Waals surface area contributed by atoms with Gasteiger partial charge in [-0.05, 0) is 24.3 Å². The molecule has 0 unspecified atom stereocenters. The second-order valence-electron chi connectivity index (χ2n) is 3.41. The van der Waals surface area contributed by atoms with E-state index in [0.29, 0.717) is 17.1 Å². The van der Waals surface area contributed by atoms with Gasteiger partial charge >= 0.3 is 0 Å². The van der Waals surface area contributed by atoms with E-state index in [2.05, 4.69) is 9.98 Å². The van der Waals surface area contributed by atoms with Crippen molar-refractivity contribution in [2.75, 3.05) is 5.73 Å². The van der Waals surface area contributed by atoms with E-state index in [0.717, 1.165) is 0 Å². The number of phenols is 2. The average Bonchev–Trinajstić information content (AvgIpc) is 2.30. The van der Waals surface area contributed by atoms with E-state index in [9.17, 15) is 5.11 Å². The lowest BCUT2D eigenvalue weighted by Crippen LogP contribution is -1.89. The van der Waals surface area contributed by atoms with Crippen LogP contribution < -0.4 is 5.73 Å². The monoisotopic (exact) mass is 229 g/mol. The Morgan fingerprint density at radius 1 is 1.24 bits per heavy atom. The van der Waals surface area contributed by atoms with Crippen LogP contribution in [-0.4, -0.2) is 21.4 Å². The third kappa shape index (κ3) is 2.52. The molecule has 0 spiro atoms. The molecule has 2 aromatic rings. The number of hydrogen-bond donors (Lipinski definition) is 3. The van der Waals surface area contributed by atoms with E-state index in [4.69, 9.17) is 10.8 Å². The smallest absolute Gasteiger partial charge is 0.149 e. The van der Waals surface area contributed by atoms with Crippen molar-refractivity contribution < 1.29 is 10.2 Å². The molecule has 0 radical (unpaired) electrons. The van der Waals surface area contributed by atoms with E-state index in [1.54, 1.807) is 24.4 Å². The Balaban J connectivity index is 2.29. The van der Waals surface area contributed by atoms with Gasteiger partial charge in [0.05, 0.1) is 0 Å². The van der Waals surface area contributed by atoms with E-state index in [-0.39, 0.29) is 11.5 Å². The molecule has 1 aromatic carbocycles. The van der Waals surface area contributed by atoms with Crippen LogP contribution in [0.3, 0.4) is 0 Å². The molecule has 0 aliphatic rings. The number of nitrogens with two attached hydrogens (primary N) is 1. The molecule has 0 saturated heterocycles. The van der Waals surface area contributed by atoms with Gasteiger partial charge in [-0.2, -0.15) is 0 Å². The van der Waals surface area contributed by atoms with Gasteiger partial charge in [-0.3, -0.25) is 4.99 Å². The molecule has 5 heteroatoms. The van der Waals surface area contributed by atoms with Crippen molar-refractivity contribution in [3.8, 4) is 11.5 Å². The second-order valence-corrected chi connectivity index (χ2v) is 3.41. The van der Waals surface area contributed by atoms with Crippen LogP contribution in [0.5, 0.6) is 11.5 Å². The van der Waals surface area contributed by atoms with Gasteiger partial charge in [-0.1, -0.05) is 0 Å². The third-order valence-electron chi connectivity index (χ3n) is 2.17. The summed E-state index contributed by atoms with van der Waals surface area (Å²) in [6.07, 6.45) is 3.04. The molecule has 4 N–H and O–H groups in total. The predicted octanol–water partition coefficient (Wildman–Crippen LogP) is 1.83. The number of rotatable bonds is 2. The minimum atomic E-state index is -0.0452. The number of nitrogens with zero attached hydrogens (tertiary/aromatic N) is 2. The maximum absolute atomic E-state index is 9.54. The van der Waals surface area contributed by atoms with Gasteiger partial charge in [-0.25, -0.2) is 4.98 Å². The van der Waals surface area contributed by atoms with Crippen LogP contribution in [0.2, 0.25) is 0 Å². The van der Waals surface area contributed by atoms with Crippen molar-refractivity contribution in [1.29, 1.82) is 0 Å². The van der Waals surface area contributed by atoms with Crippen molar-refractivity contribution >= 4 is 17.7 Å². The summed E-state index contributed by atoms with van der Waals surface area (Å²) < 4.78 is 0. The molecule has 0 atom stereocenters. The molecule has 86 valence electrons. The highest BCUT2D eigenvalue weighted by Crippen LogP contribution is 2.23. The summed E-state index contributed by atoms with van der Waals surface area (Å²) in [7, 11) is 0. The minimum Gasteiger partial charge on any atom is -0.508 e. The van der Waals surface area contributed by atoms with Crippen LogP contribution >= 0.6 is 0 Å². The van der Waals surface area contributed by atoms with Gasteiger partial charge in [0, 0.05) is 24.0 Å². The quantitative estimate of drug-likeness (QED) is 0.685. The van der Waals surface area contributed by atoms with Gasteiger partial charge in [0.25, 0.3) is 0 Å². The topological polar surface area (TPSA) is 91.7 Å². The number of aromatic hydroxyl groups is 2. The third-order valence-corrected chi connectivity index (χ3v) is 2.17. The number of anilines is 1. The first-order valence-electron chi connectivity index (χ1n) is 4.93. The van der Waals surface area contributed by atoms with Crippen LogP contribution in [-0.2, 0) is 0 Å². The van der Waals surface area contributed by atoms with E-state index in [1.165, 1.54) is 18.3 Å². The summed E-state index contributed by atoms with van der Waals surface area (Å²) in [5.41, 5.74) is 6.64. The van der Waals surface area contributed by atoms with E-state index in [1.807, 2.05) is 0 Å². The van der Waals surface area contributed by atoms with Gasteiger partial charge < -0.3 is 15.9 Å². The highest BCUT2D eigenvalue weighted by atomic mass is 16.3. The first-order valence-corrected chi connectivity index (χ1v) is 4.93. The molecule has 0 saturated carbocycles. The SMILES string of the molecule is Nc1ncccc1N=Cc1ccc(O)cc1O. The summed E-state index contributed by atoms with van der Waals surface area (Å²) in [6, 6.07) is 7.71. The lowest BCUT2D eigenvalue weighted by molar-refractivity contribution is 0.450. The van der Waals surface area contributed by atoms with Crippen LogP contribution in [0, 0.1) is 0 Å². The Hall–Kier alpha value is -2.56. The summed E-state index contributed by atoms with van der Waals surface area (Å²) in [5.74, 6) is 0.277. The Morgan fingerprint density at radius 3 is 2.76 bits per heavy atom. The van der Waals surface area contributed by atoms with Gasteiger partial charge in [-0.15, -0.1) is 0 Å². The Bertz CT molecular complexity index is 567. The molecule has 5 nitrogen and oxygen atoms in total. The number of nitrogen functional groups attached to an aromatic ring is 1. The van der Waals surface area contributed by atoms with Crippen LogP contribution in [0.1, 0.15) is 5.56 Å². The lowest BCUT2D eigenvalue weighted by atomic mass is 10.2. The maximum Gasteiger partial charge on any atom is 0.149 e. The number of aliphatic imine (C=N–C) groups is 1. The van der Waals surface area contributed by atoms with Crippen molar-refractivity contribution in [3.05, 3.63) is 42.1 Å². The first-order chi connectivity index (χ1) is 8.16. The number of aromatic nitrogens is 1. The molecule has 17 heavy (non-hydrogen) atoms. The summed E-state index contributed by atoms with van der Waals surface area (Å²) in [6.45, 7) is 0. The Kier molecular flexibility index (Phi) is 2.91. The summed E-state index contributed by atoms with van der Waals surface area (Å²) in [4.78, 5) is 8.00. The molecule has 0 fully saturated rings. The summed E-state index contributed by atoms with van der Waals surface area (Å²) in [5, 5.41) is 18.7. The summed E-state index contributed by atoms with van der Waals surface area (Å²) >= 11 is 0. The minimum absolute atomic E-state index is 0.000502. The molecular weight excluding hydrogens is 218 g/mol. The van der Waals surface area contributed by atoms with Crippen LogP contribution in [0.4, 0.5) is 11.5 Å². The molecule has 0 aliphatic carbocycles. The molecular formula is C12H11N3O2. The fraction of sp³-hybridized carbons (Fsp3) is 0. The number of pyridine rings is 1. The van der Waals surface area contributed by atoms with Crippen molar-refractivity contribution in [1.82, 2.24) is 4.98 Å².